The molecule has 1 aromatic heterocycles. The first-order chi connectivity index (χ1) is 18.6. The number of phenolic OH excluding ortho intramolecular Hbond substituents is 2. The number of benzene rings is 2. The van der Waals surface area contributed by atoms with E-state index in [-0.39, 0.29) is 5.76 Å². The minimum absolute atomic E-state index is 0.0274. The van der Waals surface area contributed by atoms with Crippen LogP contribution in [0.4, 0.5) is 0 Å². The van der Waals surface area contributed by atoms with E-state index in [0.29, 0.717) is 5.56 Å². The van der Waals surface area contributed by atoms with Crippen molar-refractivity contribution in [3.05, 3.63) is 57.7 Å². The molecule has 0 saturated carbocycles. The lowest BCUT2D eigenvalue weighted by Crippen LogP contribution is -2.55. The normalized spacial score (nSPS) is 33.4. The van der Waals surface area contributed by atoms with Crippen molar-refractivity contribution in [2.75, 3.05) is 13.2 Å². The molecule has 9 N–H and O–H groups in total. The van der Waals surface area contributed by atoms with Gasteiger partial charge in [0.2, 0.25) is 0 Å². The Morgan fingerprint density at radius 2 is 1.46 bits per heavy atom. The fraction of sp³-hybridized carbons (Fsp3) is 0.423. The van der Waals surface area contributed by atoms with Gasteiger partial charge in [-0.25, -0.2) is 0 Å². The van der Waals surface area contributed by atoms with Gasteiger partial charge < -0.3 is 59.8 Å². The maximum Gasteiger partial charge on any atom is 0.197 e. The van der Waals surface area contributed by atoms with E-state index in [9.17, 15) is 50.8 Å². The van der Waals surface area contributed by atoms with Crippen molar-refractivity contribution in [3.8, 4) is 22.8 Å². The summed E-state index contributed by atoms with van der Waals surface area (Å²) in [7, 11) is 0. The number of aliphatic hydroxyl groups excluding tert-OH is 7. The number of hydrogen-bond acceptors (Lipinski definition) is 13. The minimum Gasteiger partial charge on any atom is -0.507 e. The molecule has 0 amide bonds. The van der Waals surface area contributed by atoms with Gasteiger partial charge in [0.15, 0.2) is 11.0 Å². The fourth-order valence-electron chi connectivity index (χ4n) is 5.09. The van der Waals surface area contributed by atoms with Crippen LogP contribution in [0.2, 0.25) is 0 Å². The van der Waals surface area contributed by atoms with Crippen LogP contribution >= 0.6 is 0 Å². The monoisotopic (exact) mass is 548 g/mol. The lowest BCUT2D eigenvalue weighted by Gasteiger charge is -2.41. The summed E-state index contributed by atoms with van der Waals surface area (Å²) in [6.45, 7) is -1.29. The number of ether oxygens (including phenoxy) is 2. The Kier molecular flexibility index (Phi) is 7.37. The molecule has 2 fully saturated rings. The second-order valence-corrected chi connectivity index (χ2v) is 9.62. The second kappa shape index (κ2) is 10.5. The third kappa shape index (κ3) is 4.47. The van der Waals surface area contributed by atoms with Crippen LogP contribution in [0.1, 0.15) is 23.3 Å². The third-order valence-electron chi connectivity index (χ3n) is 7.21. The van der Waals surface area contributed by atoms with Crippen molar-refractivity contribution >= 4 is 11.0 Å². The molecule has 5 rings (SSSR count). The molecule has 2 saturated heterocycles. The smallest absolute Gasteiger partial charge is 0.197 e. The second-order valence-electron chi connectivity index (χ2n) is 9.62. The summed E-state index contributed by atoms with van der Waals surface area (Å²) in [6, 6.07) is 9.45. The van der Waals surface area contributed by atoms with E-state index >= 15 is 0 Å². The molecule has 2 aliphatic heterocycles. The van der Waals surface area contributed by atoms with Crippen LogP contribution in [0.5, 0.6) is 11.5 Å². The van der Waals surface area contributed by atoms with E-state index in [1.807, 2.05) is 0 Å². The summed E-state index contributed by atoms with van der Waals surface area (Å²) < 4.78 is 17.0. The van der Waals surface area contributed by atoms with Gasteiger partial charge in [-0.05, 0) is 0 Å². The van der Waals surface area contributed by atoms with Crippen LogP contribution in [0.15, 0.2) is 45.6 Å². The average molecular weight is 548 g/mol. The van der Waals surface area contributed by atoms with E-state index in [4.69, 9.17) is 13.9 Å². The first kappa shape index (κ1) is 27.5. The fourth-order valence-corrected chi connectivity index (χ4v) is 5.09. The zero-order valence-electron chi connectivity index (χ0n) is 20.2. The molecule has 9 unspecified atom stereocenters. The van der Waals surface area contributed by atoms with Gasteiger partial charge in [-0.1, -0.05) is 30.3 Å². The van der Waals surface area contributed by atoms with Crippen LogP contribution in [0.25, 0.3) is 22.3 Å². The molecule has 0 bridgehead atoms. The Morgan fingerprint density at radius 3 is 2.13 bits per heavy atom. The van der Waals surface area contributed by atoms with Gasteiger partial charge in [0.1, 0.15) is 77.6 Å². The number of rotatable bonds is 4. The highest BCUT2D eigenvalue weighted by Crippen LogP contribution is 2.50. The van der Waals surface area contributed by atoms with Crippen molar-refractivity contribution in [1.29, 1.82) is 0 Å². The third-order valence-corrected chi connectivity index (χ3v) is 7.21. The molecule has 3 aromatic rings. The van der Waals surface area contributed by atoms with E-state index in [1.165, 1.54) is 0 Å². The SMILES string of the molecule is O=c1cc(-c2ccccc2)oc2c(C3OCC(O)C(O)C3O)c(O)c(C3OC(CO)C(O)C(O)C3O)c(O)c12. The number of fused-ring (bicyclic) bond motifs is 1. The summed E-state index contributed by atoms with van der Waals surface area (Å²) in [6.07, 6.45) is -15.4. The molecule has 13 heteroatoms. The molecular formula is C26H28O13. The molecule has 2 aliphatic rings. The highest BCUT2D eigenvalue weighted by atomic mass is 16.5. The number of hydrogen-bond donors (Lipinski definition) is 9. The van der Waals surface area contributed by atoms with Crippen LogP contribution in [-0.4, -0.2) is 102 Å². The summed E-state index contributed by atoms with van der Waals surface area (Å²) >= 11 is 0. The molecule has 9 atom stereocenters. The van der Waals surface area contributed by atoms with Crippen LogP contribution in [0.3, 0.4) is 0 Å². The highest BCUT2D eigenvalue weighted by molar-refractivity contribution is 5.91. The Morgan fingerprint density at radius 1 is 0.795 bits per heavy atom. The highest BCUT2D eigenvalue weighted by Gasteiger charge is 2.48. The quantitative estimate of drug-likeness (QED) is 0.182. The Hall–Kier alpha value is -3.11. The first-order valence-corrected chi connectivity index (χ1v) is 12.1. The lowest BCUT2D eigenvalue weighted by molar-refractivity contribution is -0.232. The van der Waals surface area contributed by atoms with Gasteiger partial charge in [-0.15, -0.1) is 0 Å². The van der Waals surface area contributed by atoms with Crippen molar-refractivity contribution < 1.29 is 59.8 Å². The van der Waals surface area contributed by atoms with E-state index in [0.717, 1.165) is 6.07 Å². The van der Waals surface area contributed by atoms with Crippen LogP contribution in [-0.2, 0) is 9.47 Å². The standard InChI is InChI=1S/C26H28O13/c27-7-13-18(31)21(34)23(36)26(39-13)15-19(32)14-10(28)6-12(9-4-2-1-3-5-9)38-24(14)16(20(15)33)25-22(35)17(30)11(29)8-37-25/h1-6,11,13,17-18,21-23,25-27,29-36H,7-8H2. The minimum atomic E-state index is -1.95. The van der Waals surface area contributed by atoms with E-state index in [2.05, 4.69) is 0 Å². The van der Waals surface area contributed by atoms with Crippen LogP contribution in [0, 0.1) is 0 Å². The predicted octanol–water partition coefficient (Wildman–Crippen LogP) is -1.46. The van der Waals surface area contributed by atoms with Crippen molar-refractivity contribution in [2.24, 2.45) is 0 Å². The molecular weight excluding hydrogens is 520 g/mol. The van der Waals surface area contributed by atoms with Crippen LogP contribution < -0.4 is 5.43 Å². The Balaban J connectivity index is 1.80. The number of phenols is 2. The molecule has 39 heavy (non-hydrogen) atoms. The Bertz CT molecular complexity index is 1400. The average Bonchev–Trinajstić information content (AvgIpc) is 2.93. The van der Waals surface area contributed by atoms with E-state index < -0.39 is 107 Å². The van der Waals surface area contributed by atoms with Crippen molar-refractivity contribution in [3.63, 3.8) is 0 Å². The molecule has 0 spiro atoms. The maximum atomic E-state index is 13.4. The molecule has 3 heterocycles. The van der Waals surface area contributed by atoms with Gasteiger partial charge in [0.05, 0.1) is 24.3 Å². The van der Waals surface area contributed by atoms with Gasteiger partial charge in [0.25, 0.3) is 0 Å². The van der Waals surface area contributed by atoms with Gasteiger partial charge >= 0.3 is 0 Å². The summed E-state index contributed by atoms with van der Waals surface area (Å²) in [5, 5.41) is 94.0. The number of aromatic hydroxyl groups is 2. The Labute approximate surface area is 220 Å². The topological polar surface area (TPSA) is 231 Å². The molecule has 0 aliphatic carbocycles. The molecule has 2 aromatic carbocycles. The first-order valence-electron chi connectivity index (χ1n) is 12.1. The van der Waals surface area contributed by atoms with Gasteiger partial charge in [0, 0.05) is 11.6 Å². The lowest BCUT2D eigenvalue weighted by atomic mass is 9.85. The molecule has 13 nitrogen and oxygen atoms in total. The summed E-state index contributed by atoms with van der Waals surface area (Å²) in [5.41, 5.74) is -1.79. The van der Waals surface area contributed by atoms with Crippen molar-refractivity contribution in [2.45, 2.75) is 54.9 Å². The zero-order chi connectivity index (χ0) is 28.2. The molecule has 210 valence electrons. The van der Waals surface area contributed by atoms with Gasteiger partial charge in [-0.2, -0.15) is 0 Å². The van der Waals surface area contributed by atoms with Crippen molar-refractivity contribution in [1.82, 2.24) is 0 Å². The zero-order valence-corrected chi connectivity index (χ0v) is 20.2. The van der Waals surface area contributed by atoms with E-state index in [1.54, 1.807) is 30.3 Å². The summed E-state index contributed by atoms with van der Waals surface area (Å²) in [5.74, 6) is -1.75. The number of aliphatic hydroxyl groups is 7. The predicted molar refractivity (Wildman–Crippen MR) is 131 cm³/mol. The van der Waals surface area contributed by atoms with Gasteiger partial charge in [-0.3, -0.25) is 4.79 Å². The maximum absolute atomic E-state index is 13.4. The summed E-state index contributed by atoms with van der Waals surface area (Å²) in [4.78, 5) is 13.4. The largest absolute Gasteiger partial charge is 0.507 e. The molecule has 0 radical (unpaired) electrons.